The highest BCUT2D eigenvalue weighted by atomic mass is 16.6. The number of aliphatic carboxylic acids is 1. The van der Waals surface area contributed by atoms with E-state index in [-0.39, 0.29) is 5.69 Å². The number of nitro benzene ring substituents is 1. The van der Waals surface area contributed by atoms with Crippen molar-refractivity contribution in [2.45, 2.75) is 13.2 Å². The third-order valence-electron chi connectivity index (χ3n) is 3.90. The van der Waals surface area contributed by atoms with Gasteiger partial charge in [0.1, 0.15) is 0 Å². The summed E-state index contributed by atoms with van der Waals surface area (Å²) in [6, 6.07) is 13.8. The average Bonchev–Trinajstić information content (AvgIpc) is 3.11. The van der Waals surface area contributed by atoms with Crippen LogP contribution in [0.5, 0.6) is 0 Å². The number of non-ortho nitro benzene ring substituents is 1. The quantitative estimate of drug-likeness (QED) is 0.519. The van der Waals surface area contributed by atoms with Gasteiger partial charge in [0.05, 0.1) is 16.3 Å². The van der Waals surface area contributed by atoms with Crippen molar-refractivity contribution in [3.8, 4) is 5.69 Å². The highest BCUT2D eigenvalue weighted by Crippen LogP contribution is 2.31. The first kappa shape index (κ1) is 18.9. The van der Waals surface area contributed by atoms with Gasteiger partial charge in [0.15, 0.2) is 5.82 Å². The third kappa shape index (κ3) is 3.79. The maximum atomic E-state index is 11.2. The van der Waals surface area contributed by atoms with Crippen molar-refractivity contribution >= 4 is 17.4 Å². The van der Waals surface area contributed by atoms with E-state index in [1.54, 1.807) is 23.0 Å². The Morgan fingerprint density at radius 2 is 1.89 bits per heavy atom. The molecule has 9 heteroatoms. The number of hydrogen-bond donors (Lipinski definition) is 2. The fourth-order valence-electron chi connectivity index (χ4n) is 2.82. The predicted octanol–water partition coefficient (Wildman–Crippen LogP) is 2.71. The average molecular weight is 380 g/mol. The molecule has 0 fully saturated rings. The number of fused-ring (bicyclic) bond motifs is 3. The molecule has 1 aliphatic heterocycles. The van der Waals surface area contributed by atoms with E-state index < -0.39 is 17.1 Å². The Hall–Kier alpha value is -3.85. The monoisotopic (exact) mass is 380 g/mol. The molecule has 1 atom stereocenters. The number of nitrogens with zero attached hydrogens (tertiary/aromatic N) is 4. The fraction of sp³-hybridized carbons (Fsp3) is 0.105. The molecule has 4 rings (SSSR count). The number of hydrogen-bond acceptors (Lipinski definition) is 6. The number of aliphatic hydroxyl groups excluding tert-OH is 1. The van der Waals surface area contributed by atoms with Crippen molar-refractivity contribution in [2.24, 2.45) is 4.99 Å². The van der Waals surface area contributed by atoms with E-state index in [9.17, 15) is 15.2 Å². The van der Waals surface area contributed by atoms with Gasteiger partial charge in [-0.1, -0.05) is 30.3 Å². The van der Waals surface area contributed by atoms with Gasteiger partial charge in [-0.2, -0.15) is 0 Å². The Morgan fingerprint density at radius 3 is 2.54 bits per heavy atom. The minimum absolute atomic E-state index is 0.0320. The standard InChI is InChI=1S/C17H12N4O3.C2H4O2/c22-17-16-18-8-9-20(16)14-7-6-12(21(23)24)10-13(14)15(19-17)11-4-2-1-3-5-11;1-2(3)4/h1-10,17,22H;1H3,(H,3,4). The van der Waals surface area contributed by atoms with Crippen LogP contribution in [0.3, 0.4) is 0 Å². The zero-order valence-corrected chi connectivity index (χ0v) is 14.8. The first-order chi connectivity index (χ1) is 13.4. The molecule has 9 nitrogen and oxygen atoms in total. The summed E-state index contributed by atoms with van der Waals surface area (Å²) in [7, 11) is 0. The molecule has 2 aromatic carbocycles. The van der Waals surface area contributed by atoms with Gasteiger partial charge < -0.3 is 10.2 Å². The first-order valence-corrected chi connectivity index (χ1v) is 8.21. The first-order valence-electron chi connectivity index (χ1n) is 8.21. The molecule has 0 radical (unpaired) electrons. The van der Waals surface area contributed by atoms with Crippen LogP contribution in [-0.4, -0.2) is 36.4 Å². The highest BCUT2D eigenvalue weighted by molar-refractivity contribution is 6.15. The Morgan fingerprint density at radius 1 is 1.21 bits per heavy atom. The number of nitro groups is 1. The van der Waals surface area contributed by atoms with Crippen LogP contribution in [0, 0.1) is 10.1 Å². The summed E-state index contributed by atoms with van der Waals surface area (Å²) >= 11 is 0. The van der Waals surface area contributed by atoms with Gasteiger partial charge in [0.25, 0.3) is 11.7 Å². The fourth-order valence-corrected chi connectivity index (χ4v) is 2.82. The normalized spacial score (nSPS) is 14.5. The van der Waals surface area contributed by atoms with E-state index in [4.69, 9.17) is 9.90 Å². The molecule has 2 heterocycles. The number of aliphatic imine (C=N–C) groups is 1. The molecule has 3 aromatic rings. The molecule has 1 unspecified atom stereocenters. The van der Waals surface area contributed by atoms with E-state index in [0.29, 0.717) is 22.8 Å². The summed E-state index contributed by atoms with van der Waals surface area (Å²) in [5.74, 6) is -0.462. The van der Waals surface area contributed by atoms with Gasteiger partial charge in [-0.3, -0.25) is 19.5 Å². The lowest BCUT2D eigenvalue weighted by Gasteiger charge is -2.11. The zero-order valence-electron chi connectivity index (χ0n) is 14.8. The van der Waals surface area contributed by atoms with Crippen molar-refractivity contribution in [3.05, 3.63) is 88.0 Å². The molecule has 0 bridgehead atoms. The molecule has 1 aliphatic rings. The summed E-state index contributed by atoms with van der Waals surface area (Å²) in [4.78, 5) is 28.2. The lowest BCUT2D eigenvalue weighted by Crippen LogP contribution is -2.07. The second kappa shape index (κ2) is 7.80. The molecular weight excluding hydrogens is 364 g/mol. The zero-order chi connectivity index (χ0) is 20.3. The van der Waals surface area contributed by atoms with E-state index in [2.05, 4.69) is 9.98 Å². The van der Waals surface area contributed by atoms with E-state index >= 15 is 0 Å². The van der Waals surface area contributed by atoms with Gasteiger partial charge in [0, 0.05) is 42.6 Å². The van der Waals surface area contributed by atoms with E-state index in [1.807, 2.05) is 30.3 Å². The number of imidazole rings is 1. The van der Waals surface area contributed by atoms with Crippen molar-refractivity contribution in [1.82, 2.24) is 9.55 Å². The summed E-state index contributed by atoms with van der Waals surface area (Å²) in [6.45, 7) is 1.08. The molecule has 0 saturated heterocycles. The Bertz CT molecular complexity index is 1060. The molecule has 0 saturated carbocycles. The molecule has 0 amide bonds. The molecule has 0 spiro atoms. The number of carbonyl (C=O) groups is 1. The number of carboxylic acid groups (broad SMARTS) is 1. The van der Waals surface area contributed by atoms with Gasteiger partial charge in [-0.05, 0) is 6.07 Å². The summed E-state index contributed by atoms with van der Waals surface area (Å²) in [6.07, 6.45) is 2.11. The maximum Gasteiger partial charge on any atom is 0.300 e. The van der Waals surface area contributed by atoms with Gasteiger partial charge in [0.2, 0.25) is 6.23 Å². The van der Waals surface area contributed by atoms with Gasteiger partial charge in [-0.15, -0.1) is 0 Å². The topological polar surface area (TPSA) is 131 Å². The van der Waals surface area contributed by atoms with Crippen molar-refractivity contribution in [3.63, 3.8) is 0 Å². The molecule has 142 valence electrons. The summed E-state index contributed by atoms with van der Waals surface area (Å²) < 4.78 is 1.70. The van der Waals surface area contributed by atoms with Crippen LogP contribution in [0.15, 0.2) is 65.9 Å². The van der Waals surface area contributed by atoms with Crippen LogP contribution in [0.4, 0.5) is 5.69 Å². The molecular formula is C19H16N4O5. The third-order valence-corrected chi connectivity index (χ3v) is 3.90. The van der Waals surface area contributed by atoms with E-state index in [0.717, 1.165) is 12.5 Å². The number of carboxylic acids is 1. The highest BCUT2D eigenvalue weighted by Gasteiger charge is 2.25. The molecule has 2 N–H and O–H groups in total. The second-order valence-corrected chi connectivity index (χ2v) is 5.85. The van der Waals surface area contributed by atoms with Crippen LogP contribution in [0.2, 0.25) is 0 Å². The van der Waals surface area contributed by atoms with Crippen LogP contribution < -0.4 is 0 Å². The van der Waals surface area contributed by atoms with Crippen molar-refractivity contribution in [2.75, 3.05) is 0 Å². The van der Waals surface area contributed by atoms with E-state index in [1.165, 1.54) is 12.1 Å². The van der Waals surface area contributed by atoms with Crippen LogP contribution in [-0.2, 0) is 4.79 Å². The van der Waals surface area contributed by atoms with Crippen molar-refractivity contribution in [1.29, 1.82) is 0 Å². The lowest BCUT2D eigenvalue weighted by molar-refractivity contribution is -0.384. The number of aromatic nitrogens is 2. The largest absolute Gasteiger partial charge is 0.481 e. The summed E-state index contributed by atoms with van der Waals surface area (Å²) in [5.41, 5.74) is 2.49. The maximum absolute atomic E-state index is 11.2. The predicted molar refractivity (Wildman–Crippen MR) is 101 cm³/mol. The minimum Gasteiger partial charge on any atom is -0.481 e. The van der Waals surface area contributed by atoms with Gasteiger partial charge >= 0.3 is 0 Å². The SMILES string of the molecule is CC(=O)O.O=[N+]([O-])c1ccc2c(c1)C(c1ccccc1)=NC(O)c1nccn1-2. The number of benzene rings is 2. The van der Waals surface area contributed by atoms with Crippen LogP contribution in [0.25, 0.3) is 5.69 Å². The number of rotatable bonds is 2. The smallest absolute Gasteiger partial charge is 0.300 e. The Kier molecular flexibility index (Phi) is 5.28. The Balaban J connectivity index is 0.000000516. The molecule has 1 aromatic heterocycles. The van der Waals surface area contributed by atoms with Crippen LogP contribution in [0.1, 0.15) is 30.1 Å². The van der Waals surface area contributed by atoms with Gasteiger partial charge in [-0.25, -0.2) is 9.98 Å². The lowest BCUT2D eigenvalue weighted by atomic mass is 10.00. The molecule has 0 aliphatic carbocycles. The van der Waals surface area contributed by atoms with Crippen LogP contribution >= 0.6 is 0 Å². The number of aliphatic hydroxyl groups is 1. The second-order valence-electron chi connectivity index (χ2n) is 5.85. The Labute approximate surface area is 159 Å². The minimum atomic E-state index is -1.15. The summed E-state index contributed by atoms with van der Waals surface area (Å²) in [5, 5.41) is 29.0. The molecule has 28 heavy (non-hydrogen) atoms. The van der Waals surface area contributed by atoms with Crippen molar-refractivity contribution < 1.29 is 19.9 Å².